The van der Waals surface area contributed by atoms with Gasteiger partial charge in [-0.25, -0.2) is 4.39 Å². The van der Waals surface area contributed by atoms with E-state index in [9.17, 15) is 4.39 Å². The molecule has 18 heavy (non-hydrogen) atoms. The van der Waals surface area contributed by atoms with E-state index in [0.29, 0.717) is 24.7 Å². The number of likely N-dealkylation sites (tertiary alicyclic amines) is 1. The fourth-order valence-corrected chi connectivity index (χ4v) is 3.16. The van der Waals surface area contributed by atoms with Gasteiger partial charge in [0.15, 0.2) is 0 Å². The third-order valence-corrected chi connectivity index (χ3v) is 4.16. The highest BCUT2D eigenvalue weighted by Crippen LogP contribution is 2.31. The number of rotatable bonds is 3. The number of benzene rings is 1. The van der Waals surface area contributed by atoms with E-state index in [4.69, 9.17) is 5.73 Å². The first-order valence-electron chi connectivity index (χ1n) is 6.86. The molecular formula is C15H23FN2. The summed E-state index contributed by atoms with van der Waals surface area (Å²) >= 11 is 0. The number of halogens is 1. The van der Waals surface area contributed by atoms with Gasteiger partial charge in [0, 0.05) is 24.7 Å². The lowest BCUT2D eigenvalue weighted by Gasteiger charge is -2.44. The van der Waals surface area contributed by atoms with Crippen LogP contribution in [0.2, 0.25) is 0 Å². The lowest BCUT2D eigenvalue weighted by Crippen LogP contribution is -2.49. The molecule has 0 spiro atoms. The molecule has 0 bridgehead atoms. The Morgan fingerprint density at radius 1 is 1.33 bits per heavy atom. The van der Waals surface area contributed by atoms with Crippen LogP contribution in [0.4, 0.5) is 4.39 Å². The minimum Gasteiger partial charge on any atom is -0.329 e. The quantitative estimate of drug-likeness (QED) is 0.893. The zero-order chi connectivity index (χ0) is 13.1. The zero-order valence-corrected chi connectivity index (χ0v) is 11.3. The van der Waals surface area contributed by atoms with Crippen molar-refractivity contribution >= 4 is 0 Å². The summed E-state index contributed by atoms with van der Waals surface area (Å²) in [4.78, 5) is 2.50. The van der Waals surface area contributed by atoms with Crippen molar-refractivity contribution in [2.45, 2.75) is 51.2 Å². The molecule has 0 saturated carbocycles. The second-order valence-electron chi connectivity index (χ2n) is 5.34. The van der Waals surface area contributed by atoms with E-state index in [-0.39, 0.29) is 5.82 Å². The van der Waals surface area contributed by atoms with Crippen molar-refractivity contribution in [3.05, 3.63) is 35.6 Å². The molecule has 2 nitrogen and oxygen atoms in total. The first kappa shape index (κ1) is 13.5. The fourth-order valence-electron chi connectivity index (χ4n) is 3.16. The van der Waals surface area contributed by atoms with Gasteiger partial charge in [-0.2, -0.15) is 0 Å². The molecule has 1 aliphatic rings. The predicted octanol–water partition coefficient (Wildman–Crippen LogP) is 3.09. The molecule has 1 fully saturated rings. The lowest BCUT2D eigenvalue weighted by atomic mass is 9.92. The van der Waals surface area contributed by atoms with Gasteiger partial charge in [-0.05, 0) is 44.4 Å². The van der Waals surface area contributed by atoms with Crippen LogP contribution in [0.3, 0.4) is 0 Å². The third kappa shape index (κ3) is 2.73. The summed E-state index contributed by atoms with van der Waals surface area (Å²) in [5.74, 6) is -0.173. The van der Waals surface area contributed by atoms with Crippen molar-refractivity contribution in [1.82, 2.24) is 4.90 Å². The Hall–Kier alpha value is -0.930. The molecule has 1 aromatic carbocycles. The molecule has 1 saturated heterocycles. The number of nitrogens with two attached hydrogens (primary N) is 1. The molecule has 1 heterocycles. The van der Waals surface area contributed by atoms with Gasteiger partial charge in [0.2, 0.25) is 0 Å². The summed E-state index contributed by atoms with van der Waals surface area (Å²) in [5, 5.41) is 0. The highest BCUT2D eigenvalue weighted by molar-refractivity contribution is 5.20. The second kappa shape index (κ2) is 5.81. The van der Waals surface area contributed by atoms with Gasteiger partial charge in [0.25, 0.3) is 0 Å². The maximum absolute atomic E-state index is 13.0. The molecule has 3 unspecified atom stereocenters. The van der Waals surface area contributed by atoms with Crippen LogP contribution in [0.15, 0.2) is 24.3 Å². The molecule has 3 atom stereocenters. The molecule has 0 radical (unpaired) electrons. The normalized spacial score (nSPS) is 27.1. The maximum Gasteiger partial charge on any atom is 0.123 e. The Morgan fingerprint density at radius 2 is 2.00 bits per heavy atom. The van der Waals surface area contributed by atoms with Crippen LogP contribution in [-0.4, -0.2) is 23.5 Å². The summed E-state index contributed by atoms with van der Waals surface area (Å²) in [7, 11) is 0. The highest BCUT2D eigenvalue weighted by atomic mass is 19.1. The summed E-state index contributed by atoms with van der Waals surface area (Å²) in [5.41, 5.74) is 7.06. The van der Waals surface area contributed by atoms with Gasteiger partial charge in [-0.1, -0.05) is 18.6 Å². The molecule has 100 valence electrons. The molecule has 3 heteroatoms. The summed E-state index contributed by atoms with van der Waals surface area (Å²) in [6.45, 7) is 5.16. The average Bonchev–Trinajstić information content (AvgIpc) is 2.38. The number of hydrogen-bond acceptors (Lipinski definition) is 2. The van der Waals surface area contributed by atoms with Crippen molar-refractivity contribution in [3.63, 3.8) is 0 Å². The first-order chi connectivity index (χ1) is 8.63. The summed E-state index contributed by atoms with van der Waals surface area (Å²) < 4.78 is 13.0. The van der Waals surface area contributed by atoms with Crippen molar-refractivity contribution in [3.8, 4) is 0 Å². The van der Waals surface area contributed by atoms with Crippen LogP contribution in [0.5, 0.6) is 0 Å². The summed E-state index contributed by atoms with van der Waals surface area (Å²) in [6, 6.07) is 8.15. The van der Waals surface area contributed by atoms with Crippen molar-refractivity contribution < 1.29 is 4.39 Å². The van der Waals surface area contributed by atoms with E-state index >= 15 is 0 Å². The largest absolute Gasteiger partial charge is 0.329 e. The first-order valence-corrected chi connectivity index (χ1v) is 6.86. The third-order valence-electron chi connectivity index (χ3n) is 4.16. The average molecular weight is 250 g/mol. The van der Waals surface area contributed by atoms with E-state index < -0.39 is 0 Å². The highest BCUT2D eigenvalue weighted by Gasteiger charge is 2.31. The molecule has 0 amide bonds. The topological polar surface area (TPSA) is 29.3 Å². The van der Waals surface area contributed by atoms with Crippen LogP contribution >= 0.6 is 0 Å². The second-order valence-corrected chi connectivity index (χ2v) is 5.34. The molecule has 0 aromatic heterocycles. The Bertz CT molecular complexity index is 377. The van der Waals surface area contributed by atoms with Crippen LogP contribution in [-0.2, 0) is 0 Å². The molecule has 0 aliphatic carbocycles. The molecule has 2 N–H and O–H groups in total. The van der Waals surface area contributed by atoms with E-state index in [1.165, 1.54) is 37.0 Å². The van der Waals surface area contributed by atoms with Crippen LogP contribution in [0.1, 0.15) is 44.7 Å². The molecule has 2 rings (SSSR count). The van der Waals surface area contributed by atoms with Crippen LogP contribution < -0.4 is 5.73 Å². The van der Waals surface area contributed by atoms with Crippen LogP contribution in [0, 0.1) is 5.82 Å². The minimum absolute atomic E-state index is 0.173. The maximum atomic E-state index is 13.0. The SMILES string of the molecule is CC1CCCC(CN)N1C(C)c1ccc(F)cc1. The van der Waals surface area contributed by atoms with Crippen molar-refractivity contribution in [2.75, 3.05) is 6.54 Å². The van der Waals surface area contributed by atoms with Gasteiger partial charge < -0.3 is 5.73 Å². The number of hydrogen-bond donors (Lipinski definition) is 1. The number of piperidine rings is 1. The molecular weight excluding hydrogens is 227 g/mol. The van der Waals surface area contributed by atoms with Gasteiger partial charge in [0.1, 0.15) is 5.82 Å². The minimum atomic E-state index is -0.173. The Kier molecular flexibility index (Phi) is 4.36. The van der Waals surface area contributed by atoms with Gasteiger partial charge in [-0.15, -0.1) is 0 Å². The van der Waals surface area contributed by atoms with Crippen molar-refractivity contribution in [2.24, 2.45) is 5.73 Å². The standard InChI is InChI=1S/C15H23FN2/c1-11-4-3-5-15(10-17)18(11)12(2)13-6-8-14(16)9-7-13/h6-9,11-12,15H,3-5,10,17H2,1-2H3. The van der Waals surface area contributed by atoms with Gasteiger partial charge in [-0.3, -0.25) is 4.90 Å². The molecule has 1 aromatic rings. The monoisotopic (exact) mass is 250 g/mol. The smallest absolute Gasteiger partial charge is 0.123 e. The Balaban J connectivity index is 2.19. The Morgan fingerprint density at radius 3 is 2.61 bits per heavy atom. The number of nitrogens with zero attached hydrogens (tertiary/aromatic N) is 1. The fraction of sp³-hybridized carbons (Fsp3) is 0.600. The lowest BCUT2D eigenvalue weighted by molar-refractivity contribution is 0.0570. The van der Waals surface area contributed by atoms with Gasteiger partial charge >= 0.3 is 0 Å². The predicted molar refractivity (Wildman–Crippen MR) is 72.8 cm³/mol. The zero-order valence-electron chi connectivity index (χ0n) is 11.3. The van der Waals surface area contributed by atoms with E-state index in [1.54, 1.807) is 0 Å². The molecule has 1 aliphatic heterocycles. The van der Waals surface area contributed by atoms with Gasteiger partial charge in [0.05, 0.1) is 0 Å². The van der Waals surface area contributed by atoms with Crippen LogP contribution in [0.25, 0.3) is 0 Å². The van der Waals surface area contributed by atoms with E-state index in [1.807, 2.05) is 12.1 Å². The van der Waals surface area contributed by atoms with E-state index in [0.717, 1.165) is 0 Å². The summed E-state index contributed by atoms with van der Waals surface area (Å²) in [6.07, 6.45) is 3.66. The van der Waals surface area contributed by atoms with Crippen molar-refractivity contribution in [1.29, 1.82) is 0 Å². The Labute approximate surface area is 109 Å². The van der Waals surface area contributed by atoms with E-state index in [2.05, 4.69) is 18.7 Å².